The Balaban J connectivity index is 1.29. The topological polar surface area (TPSA) is 137 Å². The summed E-state index contributed by atoms with van der Waals surface area (Å²) in [5.74, 6) is 0.843. The third-order valence-electron chi connectivity index (χ3n) is 4.42. The zero-order chi connectivity index (χ0) is 23.8. The van der Waals surface area contributed by atoms with Crippen molar-refractivity contribution in [2.75, 3.05) is 11.5 Å². The van der Waals surface area contributed by atoms with Crippen molar-refractivity contribution in [1.82, 2.24) is 0 Å². The molecule has 0 spiro atoms. The van der Waals surface area contributed by atoms with Crippen LogP contribution in [0.3, 0.4) is 0 Å². The van der Waals surface area contributed by atoms with Crippen molar-refractivity contribution < 1.29 is 11.2 Å². The summed E-state index contributed by atoms with van der Waals surface area (Å²) in [7, 11) is 0. The van der Waals surface area contributed by atoms with Gasteiger partial charge in [-0.15, -0.1) is 0 Å². The van der Waals surface area contributed by atoms with E-state index >= 15 is 0 Å². The molecule has 10 heteroatoms. The van der Waals surface area contributed by atoms with E-state index in [1.54, 1.807) is 97.1 Å². The van der Waals surface area contributed by atoms with Crippen LogP contribution in [0.25, 0.3) is 0 Å². The van der Waals surface area contributed by atoms with E-state index in [4.69, 9.17) is 18.9 Å². The third-order valence-corrected chi connectivity index (χ3v) is 6.11. The molecule has 0 saturated carbocycles. The second kappa shape index (κ2) is 11.0. The van der Waals surface area contributed by atoms with Gasteiger partial charge in [0, 0.05) is 0 Å². The van der Waals surface area contributed by atoms with E-state index in [1.807, 2.05) is 0 Å². The summed E-state index contributed by atoms with van der Waals surface area (Å²) in [5, 5.41) is 16.6. The molecule has 0 aliphatic heterocycles. The SMILES string of the molecule is Nc1ccc(N=Nc2ccc(O[AsH](=O)Oc3ccc(N=Nc4ccc(N)cc4)cc3)cc2)cc1. The number of hydrogen-bond acceptors (Lipinski definition) is 9. The van der Waals surface area contributed by atoms with Crippen molar-refractivity contribution in [2.24, 2.45) is 20.5 Å². The van der Waals surface area contributed by atoms with Gasteiger partial charge in [0.25, 0.3) is 0 Å². The number of nitrogens with zero attached hydrogens (tertiary/aromatic N) is 4. The van der Waals surface area contributed by atoms with Crippen molar-refractivity contribution >= 4 is 49.4 Å². The molecule has 0 amide bonds. The van der Waals surface area contributed by atoms with E-state index in [1.165, 1.54) is 0 Å². The number of benzene rings is 4. The molecule has 4 rings (SSSR count). The summed E-state index contributed by atoms with van der Waals surface area (Å²) in [6.07, 6.45) is 0. The maximum atomic E-state index is 12.3. The summed E-state index contributed by atoms with van der Waals surface area (Å²) in [4.78, 5) is 0. The van der Waals surface area contributed by atoms with Gasteiger partial charge in [-0.2, -0.15) is 0 Å². The Kier molecular flexibility index (Phi) is 7.37. The van der Waals surface area contributed by atoms with Gasteiger partial charge >= 0.3 is 201 Å². The van der Waals surface area contributed by atoms with Crippen LogP contribution in [0.4, 0.5) is 34.1 Å². The first-order valence-corrected chi connectivity index (χ1v) is 12.7. The summed E-state index contributed by atoms with van der Waals surface area (Å²) in [6.45, 7) is 0. The van der Waals surface area contributed by atoms with Crippen LogP contribution in [0.1, 0.15) is 0 Å². The second-order valence-corrected chi connectivity index (χ2v) is 8.93. The van der Waals surface area contributed by atoms with Gasteiger partial charge in [-0.25, -0.2) is 0 Å². The van der Waals surface area contributed by atoms with E-state index in [9.17, 15) is 3.74 Å². The molecule has 0 bridgehead atoms. The maximum absolute atomic E-state index is 12.3. The Morgan fingerprint density at radius 2 is 0.735 bits per heavy atom. The molecule has 0 fully saturated rings. The average molecular weight is 516 g/mol. The predicted molar refractivity (Wildman–Crippen MR) is 132 cm³/mol. The van der Waals surface area contributed by atoms with Crippen LogP contribution in [-0.2, 0) is 3.74 Å². The summed E-state index contributed by atoms with van der Waals surface area (Å²) >= 11 is -3.50. The Morgan fingerprint density at radius 1 is 0.471 bits per heavy atom. The number of nitrogens with two attached hydrogens (primary N) is 2. The van der Waals surface area contributed by atoms with Crippen molar-refractivity contribution in [3.63, 3.8) is 0 Å². The van der Waals surface area contributed by atoms with Gasteiger partial charge in [0.2, 0.25) is 0 Å². The Morgan fingerprint density at radius 3 is 1.03 bits per heavy atom. The van der Waals surface area contributed by atoms with E-state index in [0.717, 1.165) is 0 Å². The van der Waals surface area contributed by atoms with Gasteiger partial charge in [-0.3, -0.25) is 0 Å². The first-order chi connectivity index (χ1) is 16.5. The van der Waals surface area contributed by atoms with Gasteiger partial charge in [0.1, 0.15) is 0 Å². The Bertz CT molecular complexity index is 1200. The molecular weight excluding hydrogens is 495 g/mol. The number of rotatable bonds is 8. The van der Waals surface area contributed by atoms with Gasteiger partial charge in [0.15, 0.2) is 0 Å². The molecule has 0 aliphatic carbocycles. The van der Waals surface area contributed by atoms with E-state index < -0.39 is 15.3 Å². The summed E-state index contributed by atoms with van der Waals surface area (Å²) in [5.41, 5.74) is 15.3. The Hall–Kier alpha value is -4.36. The monoisotopic (exact) mass is 516 g/mol. The van der Waals surface area contributed by atoms with Crippen molar-refractivity contribution in [2.45, 2.75) is 0 Å². The fourth-order valence-electron chi connectivity index (χ4n) is 2.69. The molecule has 0 unspecified atom stereocenters. The molecule has 9 nitrogen and oxygen atoms in total. The van der Waals surface area contributed by atoms with Gasteiger partial charge in [-0.1, -0.05) is 0 Å². The van der Waals surface area contributed by atoms with E-state index in [0.29, 0.717) is 45.6 Å². The molecule has 0 radical (unpaired) electrons. The third kappa shape index (κ3) is 6.82. The van der Waals surface area contributed by atoms with Crippen LogP contribution < -0.4 is 18.9 Å². The van der Waals surface area contributed by atoms with Crippen molar-refractivity contribution in [3.8, 4) is 11.5 Å². The molecule has 0 aliphatic rings. The molecule has 34 heavy (non-hydrogen) atoms. The second-order valence-electron chi connectivity index (χ2n) is 7.02. The number of anilines is 2. The fourth-order valence-corrected chi connectivity index (χ4v) is 4.15. The zero-order valence-electron chi connectivity index (χ0n) is 17.9. The first kappa shape index (κ1) is 22.8. The molecule has 4 N–H and O–H groups in total. The number of azo groups is 2. The van der Waals surface area contributed by atoms with Gasteiger partial charge < -0.3 is 0 Å². The molecule has 0 saturated heterocycles. The summed E-state index contributed by atoms with van der Waals surface area (Å²) < 4.78 is 23.2. The van der Waals surface area contributed by atoms with Crippen LogP contribution >= 0.6 is 0 Å². The van der Waals surface area contributed by atoms with Crippen LogP contribution in [0.15, 0.2) is 118 Å². The zero-order valence-corrected chi connectivity index (χ0v) is 20.0. The van der Waals surface area contributed by atoms with Gasteiger partial charge in [0.05, 0.1) is 0 Å². The molecule has 0 heterocycles. The van der Waals surface area contributed by atoms with Crippen molar-refractivity contribution in [3.05, 3.63) is 97.1 Å². The molecular formula is C24H21AsN6O3. The van der Waals surface area contributed by atoms with Crippen molar-refractivity contribution in [1.29, 1.82) is 0 Å². The minimum absolute atomic E-state index is 0.422. The van der Waals surface area contributed by atoms with Gasteiger partial charge in [-0.05, 0) is 0 Å². The summed E-state index contributed by atoms with van der Waals surface area (Å²) in [6, 6.07) is 27.6. The molecule has 4 aromatic carbocycles. The molecule has 0 aromatic heterocycles. The predicted octanol–water partition coefficient (Wildman–Crippen LogP) is 6.29. The average Bonchev–Trinajstić information content (AvgIpc) is 2.85. The molecule has 4 aromatic rings. The first-order valence-electron chi connectivity index (χ1n) is 10.2. The number of nitrogen functional groups attached to an aromatic ring is 2. The standard InChI is InChI=1S/C24H21AsN6O3/c26-17-1-5-19(6-2-17)28-30-21-9-13-23(14-10-21)33-25(32)34-24-15-11-22(12-16-24)31-29-20-7-3-18(27)4-8-20/h1-16,25H,26-27H2. The Labute approximate surface area is 201 Å². The van der Waals surface area contributed by atoms with Crippen LogP contribution in [0.5, 0.6) is 11.5 Å². The normalized spacial score (nSPS) is 12.1. The van der Waals surface area contributed by atoms with E-state index in [2.05, 4.69) is 20.5 Å². The van der Waals surface area contributed by atoms with Crippen LogP contribution in [0.2, 0.25) is 0 Å². The van der Waals surface area contributed by atoms with E-state index in [-0.39, 0.29) is 0 Å². The molecule has 170 valence electrons. The number of hydrogen-bond donors (Lipinski definition) is 2. The van der Waals surface area contributed by atoms with Crippen LogP contribution in [-0.4, -0.2) is 15.3 Å². The quantitative estimate of drug-likeness (QED) is 0.161. The fraction of sp³-hybridized carbons (Fsp3) is 0. The molecule has 0 atom stereocenters. The van der Waals surface area contributed by atoms with Crippen LogP contribution in [0, 0.1) is 0 Å². The minimum atomic E-state index is -3.50.